The van der Waals surface area contributed by atoms with Crippen LogP contribution in [0.2, 0.25) is 0 Å². The van der Waals surface area contributed by atoms with Crippen molar-refractivity contribution < 1.29 is 29.6 Å². The van der Waals surface area contributed by atoms with Gasteiger partial charge in [-0.2, -0.15) is 0 Å². The molecule has 7 heteroatoms. The van der Waals surface area contributed by atoms with Gasteiger partial charge in [-0.25, -0.2) is 9.59 Å². The lowest BCUT2D eigenvalue weighted by Gasteiger charge is -2.15. The quantitative estimate of drug-likeness (QED) is 0.384. The van der Waals surface area contributed by atoms with E-state index in [1.54, 1.807) is 6.92 Å². The molecule has 88 valence electrons. The molecule has 0 aliphatic rings. The second kappa shape index (κ2) is 6.33. The van der Waals surface area contributed by atoms with Crippen LogP contribution in [-0.2, 0) is 14.3 Å². The molecule has 7 nitrogen and oxygen atoms in total. The molecule has 0 aromatic carbocycles. The van der Waals surface area contributed by atoms with Gasteiger partial charge in [0, 0.05) is 6.04 Å². The summed E-state index contributed by atoms with van der Waals surface area (Å²) in [5.41, 5.74) is 5.42. The molecule has 3 atom stereocenters. The van der Waals surface area contributed by atoms with Crippen LogP contribution in [0.1, 0.15) is 13.3 Å². The van der Waals surface area contributed by atoms with Gasteiger partial charge < -0.3 is 25.8 Å². The lowest BCUT2D eigenvalue weighted by Crippen LogP contribution is -2.41. The Morgan fingerprint density at radius 2 is 1.87 bits per heavy atom. The van der Waals surface area contributed by atoms with E-state index in [9.17, 15) is 9.59 Å². The van der Waals surface area contributed by atoms with Crippen LogP contribution < -0.4 is 5.73 Å². The van der Waals surface area contributed by atoms with Crippen molar-refractivity contribution >= 4 is 11.9 Å². The molecule has 0 aromatic heterocycles. The SMILES string of the molecule is CCC(N)COC(=O)C(O)C(O)C(=O)O. The number of nitrogens with two attached hydrogens (primary N) is 1. The third kappa shape index (κ3) is 4.73. The number of carboxylic acids is 1. The zero-order chi connectivity index (χ0) is 12.0. The average Bonchev–Trinajstić information content (AvgIpc) is 2.22. The Labute approximate surface area is 86.5 Å². The average molecular weight is 221 g/mol. The van der Waals surface area contributed by atoms with E-state index in [1.165, 1.54) is 0 Å². The molecule has 15 heavy (non-hydrogen) atoms. The van der Waals surface area contributed by atoms with Crippen LogP contribution in [0.4, 0.5) is 0 Å². The summed E-state index contributed by atoms with van der Waals surface area (Å²) in [5, 5.41) is 26.1. The lowest BCUT2D eigenvalue weighted by molar-refractivity contribution is -0.170. The lowest BCUT2D eigenvalue weighted by atomic mass is 10.2. The minimum absolute atomic E-state index is 0.126. The predicted molar refractivity (Wildman–Crippen MR) is 48.9 cm³/mol. The molecule has 0 aromatic rings. The molecular formula is C8H15NO6. The molecule has 5 N–H and O–H groups in total. The summed E-state index contributed by atoms with van der Waals surface area (Å²) >= 11 is 0. The number of aliphatic hydroxyl groups is 2. The van der Waals surface area contributed by atoms with Gasteiger partial charge in [-0.1, -0.05) is 6.92 Å². The van der Waals surface area contributed by atoms with Crippen molar-refractivity contribution in [1.82, 2.24) is 0 Å². The summed E-state index contributed by atoms with van der Waals surface area (Å²) in [4.78, 5) is 21.2. The smallest absolute Gasteiger partial charge is 0.338 e. The first-order chi connectivity index (χ1) is 6.90. The van der Waals surface area contributed by atoms with Gasteiger partial charge in [0.1, 0.15) is 6.61 Å². The normalized spacial score (nSPS) is 16.5. The van der Waals surface area contributed by atoms with E-state index < -0.39 is 24.1 Å². The molecule has 0 amide bonds. The molecule has 0 rings (SSSR count). The highest BCUT2D eigenvalue weighted by Crippen LogP contribution is 1.98. The molecular weight excluding hydrogens is 206 g/mol. The number of hydrogen-bond acceptors (Lipinski definition) is 6. The summed E-state index contributed by atoms with van der Waals surface area (Å²) in [6.07, 6.45) is -3.70. The second-order valence-electron chi connectivity index (χ2n) is 3.03. The summed E-state index contributed by atoms with van der Waals surface area (Å²) in [6, 6.07) is -0.372. The Balaban J connectivity index is 4.05. The molecule has 0 heterocycles. The fourth-order valence-electron chi connectivity index (χ4n) is 0.656. The highest BCUT2D eigenvalue weighted by Gasteiger charge is 2.31. The van der Waals surface area contributed by atoms with Gasteiger partial charge in [-0.3, -0.25) is 0 Å². The maximum atomic E-state index is 11.0. The van der Waals surface area contributed by atoms with Crippen LogP contribution >= 0.6 is 0 Å². The monoisotopic (exact) mass is 221 g/mol. The molecule has 0 saturated heterocycles. The van der Waals surface area contributed by atoms with Crippen LogP contribution in [0, 0.1) is 0 Å². The number of aliphatic hydroxyl groups excluding tert-OH is 2. The standard InChI is InChI=1S/C8H15NO6/c1-2-4(9)3-15-8(14)6(11)5(10)7(12)13/h4-6,10-11H,2-3,9H2,1H3,(H,12,13). The van der Waals surface area contributed by atoms with Gasteiger partial charge in [0.25, 0.3) is 0 Å². The predicted octanol–water partition coefficient (Wildman–Crippen LogP) is -1.93. The molecule has 0 fully saturated rings. The third-order valence-electron chi connectivity index (χ3n) is 1.76. The molecule has 0 aliphatic carbocycles. The first-order valence-corrected chi connectivity index (χ1v) is 4.41. The number of carbonyl (C=O) groups excluding carboxylic acids is 1. The topological polar surface area (TPSA) is 130 Å². The summed E-state index contributed by atoms with van der Waals surface area (Å²) in [6.45, 7) is 1.65. The van der Waals surface area contributed by atoms with Crippen LogP contribution in [0.15, 0.2) is 0 Å². The Hall–Kier alpha value is -1.18. The van der Waals surface area contributed by atoms with E-state index in [-0.39, 0.29) is 12.6 Å². The van der Waals surface area contributed by atoms with E-state index in [4.69, 9.17) is 21.1 Å². The molecule has 0 radical (unpaired) electrons. The van der Waals surface area contributed by atoms with Crippen molar-refractivity contribution in [3.05, 3.63) is 0 Å². The Kier molecular flexibility index (Phi) is 5.83. The second-order valence-corrected chi connectivity index (χ2v) is 3.03. The number of carboxylic acid groups (broad SMARTS) is 1. The molecule has 0 spiro atoms. The Bertz CT molecular complexity index is 231. The van der Waals surface area contributed by atoms with Gasteiger partial charge in [0.05, 0.1) is 0 Å². The van der Waals surface area contributed by atoms with E-state index in [0.29, 0.717) is 6.42 Å². The Morgan fingerprint density at radius 3 is 2.27 bits per heavy atom. The first kappa shape index (κ1) is 13.8. The minimum Gasteiger partial charge on any atom is -0.479 e. The van der Waals surface area contributed by atoms with Crippen molar-refractivity contribution in [1.29, 1.82) is 0 Å². The van der Waals surface area contributed by atoms with E-state index in [1.807, 2.05) is 0 Å². The summed E-state index contributed by atoms with van der Waals surface area (Å²) in [7, 11) is 0. The maximum Gasteiger partial charge on any atom is 0.338 e. The number of hydrogen-bond donors (Lipinski definition) is 4. The van der Waals surface area contributed by atoms with Crippen LogP contribution in [-0.4, -0.2) is 52.1 Å². The van der Waals surface area contributed by atoms with Crippen LogP contribution in [0.3, 0.4) is 0 Å². The van der Waals surface area contributed by atoms with Crippen molar-refractivity contribution in [2.75, 3.05) is 6.61 Å². The zero-order valence-corrected chi connectivity index (χ0v) is 8.29. The summed E-state index contributed by atoms with van der Waals surface area (Å²) in [5.74, 6) is -2.90. The largest absolute Gasteiger partial charge is 0.479 e. The molecule has 0 saturated carbocycles. The van der Waals surface area contributed by atoms with E-state index in [0.717, 1.165) is 0 Å². The van der Waals surface area contributed by atoms with Gasteiger partial charge >= 0.3 is 11.9 Å². The number of rotatable bonds is 6. The fraction of sp³-hybridized carbons (Fsp3) is 0.750. The molecule has 0 bridgehead atoms. The van der Waals surface area contributed by atoms with Gasteiger partial charge in [0.2, 0.25) is 0 Å². The summed E-state index contributed by atoms with van der Waals surface area (Å²) < 4.78 is 4.49. The minimum atomic E-state index is -2.18. The molecule has 3 unspecified atom stereocenters. The highest BCUT2D eigenvalue weighted by molar-refractivity contribution is 5.84. The number of aliphatic carboxylic acids is 1. The van der Waals surface area contributed by atoms with Crippen molar-refractivity contribution in [3.63, 3.8) is 0 Å². The van der Waals surface area contributed by atoms with E-state index in [2.05, 4.69) is 4.74 Å². The number of carbonyl (C=O) groups is 2. The van der Waals surface area contributed by atoms with Crippen LogP contribution in [0.25, 0.3) is 0 Å². The van der Waals surface area contributed by atoms with E-state index >= 15 is 0 Å². The van der Waals surface area contributed by atoms with Crippen molar-refractivity contribution in [3.8, 4) is 0 Å². The third-order valence-corrected chi connectivity index (χ3v) is 1.76. The van der Waals surface area contributed by atoms with Gasteiger partial charge in [0.15, 0.2) is 12.2 Å². The molecule has 0 aliphatic heterocycles. The number of esters is 1. The van der Waals surface area contributed by atoms with Crippen molar-refractivity contribution in [2.45, 2.75) is 31.6 Å². The first-order valence-electron chi connectivity index (χ1n) is 4.41. The van der Waals surface area contributed by atoms with Gasteiger partial charge in [-0.05, 0) is 6.42 Å². The van der Waals surface area contributed by atoms with Crippen LogP contribution in [0.5, 0.6) is 0 Å². The Morgan fingerprint density at radius 1 is 1.33 bits per heavy atom. The fourth-order valence-corrected chi connectivity index (χ4v) is 0.656. The highest BCUT2D eigenvalue weighted by atomic mass is 16.6. The zero-order valence-electron chi connectivity index (χ0n) is 8.29. The maximum absolute atomic E-state index is 11.0. The van der Waals surface area contributed by atoms with Gasteiger partial charge in [-0.15, -0.1) is 0 Å². The number of ether oxygens (including phenoxy) is 1. The van der Waals surface area contributed by atoms with Crippen molar-refractivity contribution in [2.24, 2.45) is 5.73 Å².